The molecule has 1 unspecified atom stereocenters. The monoisotopic (exact) mass is 509 g/mol. The van der Waals surface area contributed by atoms with Gasteiger partial charge in [0.2, 0.25) is 5.91 Å². The minimum Gasteiger partial charge on any atom is -0.471 e. The molecule has 1 aromatic carbocycles. The van der Waals surface area contributed by atoms with E-state index in [2.05, 4.69) is 47.4 Å². The van der Waals surface area contributed by atoms with E-state index in [-0.39, 0.29) is 18.6 Å². The summed E-state index contributed by atoms with van der Waals surface area (Å²) in [5, 5.41) is 11.6. The maximum absolute atomic E-state index is 12.5. The lowest BCUT2D eigenvalue weighted by Gasteiger charge is -2.12. The van der Waals surface area contributed by atoms with Crippen LogP contribution in [-0.4, -0.2) is 25.5 Å². The van der Waals surface area contributed by atoms with Gasteiger partial charge in [-0.3, -0.25) is 9.48 Å². The van der Waals surface area contributed by atoms with Gasteiger partial charge in [0.25, 0.3) is 0 Å². The lowest BCUT2D eigenvalue weighted by atomic mass is 10.1. The van der Waals surface area contributed by atoms with Crippen LogP contribution in [0.25, 0.3) is 0 Å². The standard InChI is InChI=1S/C19H21Br2N5O2/c1-12(9-26-14(3)18(21)13(2)24-26)19(27)23-16-8-22-25(10-16)11-28-17-6-4-15(20)5-7-17/h4-8,10,12H,9,11H2,1-3H3,(H,23,27). The molecule has 7 nitrogen and oxygen atoms in total. The normalized spacial score (nSPS) is 12.0. The molecule has 0 saturated carbocycles. The summed E-state index contributed by atoms with van der Waals surface area (Å²) >= 11 is 6.90. The Balaban J connectivity index is 1.54. The minimum atomic E-state index is -0.243. The number of halogens is 2. The Labute approximate surface area is 180 Å². The maximum Gasteiger partial charge on any atom is 0.229 e. The fourth-order valence-corrected chi connectivity index (χ4v) is 3.18. The van der Waals surface area contributed by atoms with Crippen molar-refractivity contribution < 1.29 is 9.53 Å². The van der Waals surface area contributed by atoms with Crippen LogP contribution in [0, 0.1) is 19.8 Å². The topological polar surface area (TPSA) is 74.0 Å². The van der Waals surface area contributed by atoms with Crippen molar-refractivity contribution in [3.05, 3.63) is 57.0 Å². The summed E-state index contributed by atoms with van der Waals surface area (Å²) in [6, 6.07) is 7.56. The summed E-state index contributed by atoms with van der Waals surface area (Å²) in [7, 11) is 0. The first-order valence-corrected chi connectivity index (χ1v) is 10.3. The van der Waals surface area contributed by atoms with Gasteiger partial charge in [0.1, 0.15) is 5.75 Å². The quantitative estimate of drug-likeness (QED) is 0.506. The van der Waals surface area contributed by atoms with Crippen LogP contribution in [-0.2, 0) is 18.1 Å². The van der Waals surface area contributed by atoms with Crippen molar-refractivity contribution in [3.63, 3.8) is 0 Å². The average molecular weight is 511 g/mol. The molecular formula is C19H21Br2N5O2. The van der Waals surface area contributed by atoms with E-state index in [1.165, 1.54) is 0 Å². The van der Waals surface area contributed by atoms with Gasteiger partial charge in [-0.25, -0.2) is 4.68 Å². The molecule has 0 fully saturated rings. The van der Waals surface area contributed by atoms with Gasteiger partial charge >= 0.3 is 0 Å². The van der Waals surface area contributed by atoms with Crippen molar-refractivity contribution in [1.29, 1.82) is 0 Å². The van der Waals surface area contributed by atoms with Gasteiger partial charge < -0.3 is 10.1 Å². The van der Waals surface area contributed by atoms with Crippen molar-refractivity contribution >= 4 is 43.5 Å². The fourth-order valence-electron chi connectivity index (χ4n) is 2.63. The Hall–Kier alpha value is -2.13. The number of carbonyl (C=O) groups excluding carboxylic acids is 1. The second-order valence-corrected chi connectivity index (χ2v) is 8.26. The van der Waals surface area contributed by atoms with Gasteiger partial charge in [-0.1, -0.05) is 22.9 Å². The molecule has 148 valence electrons. The third-order valence-corrected chi connectivity index (χ3v) is 5.94. The van der Waals surface area contributed by atoms with Gasteiger partial charge in [-0.2, -0.15) is 10.2 Å². The molecule has 1 amide bonds. The van der Waals surface area contributed by atoms with Crippen LogP contribution in [0.15, 0.2) is 45.6 Å². The highest BCUT2D eigenvalue weighted by molar-refractivity contribution is 9.10. The van der Waals surface area contributed by atoms with Crippen LogP contribution in [0.5, 0.6) is 5.75 Å². The van der Waals surface area contributed by atoms with Crippen LogP contribution in [0.3, 0.4) is 0 Å². The van der Waals surface area contributed by atoms with Crippen molar-refractivity contribution in [1.82, 2.24) is 19.6 Å². The van der Waals surface area contributed by atoms with Gasteiger partial charge in [0.05, 0.1) is 40.7 Å². The molecule has 0 aliphatic heterocycles. The Bertz CT molecular complexity index is 965. The third-order valence-electron chi connectivity index (χ3n) is 4.27. The number of anilines is 1. The summed E-state index contributed by atoms with van der Waals surface area (Å²) in [6.07, 6.45) is 3.35. The number of aryl methyl sites for hydroxylation is 1. The number of aromatic nitrogens is 4. The fraction of sp³-hybridized carbons (Fsp3) is 0.316. The number of ether oxygens (including phenoxy) is 1. The van der Waals surface area contributed by atoms with Gasteiger partial charge in [-0.15, -0.1) is 0 Å². The number of hydrogen-bond donors (Lipinski definition) is 1. The van der Waals surface area contributed by atoms with E-state index in [9.17, 15) is 4.79 Å². The summed E-state index contributed by atoms with van der Waals surface area (Å²) in [4.78, 5) is 12.5. The van der Waals surface area contributed by atoms with Crippen LogP contribution in [0.1, 0.15) is 18.3 Å². The molecule has 1 N–H and O–H groups in total. The average Bonchev–Trinajstić information content (AvgIpc) is 3.21. The molecule has 3 aromatic rings. The zero-order chi connectivity index (χ0) is 20.3. The zero-order valence-electron chi connectivity index (χ0n) is 15.8. The number of benzene rings is 1. The first-order chi connectivity index (χ1) is 13.3. The van der Waals surface area contributed by atoms with E-state index in [1.807, 2.05) is 49.7 Å². The number of nitrogens with zero attached hydrogens (tertiary/aromatic N) is 4. The molecule has 28 heavy (non-hydrogen) atoms. The van der Waals surface area contributed by atoms with Crippen molar-refractivity contribution in [2.75, 3.05) is 5.32 Å². The molecule has 0 bridgehead atoms. The van der Waals surface area contributed by atoms with Gasteiger partial charge in [0, 0.05) is 10.2 Å². The molecule has 0 aliphatic carbocycles. The van der Waals surface area contributed by atoms with E-state index < -0.39 is 0 Å². The number of amides is 1. The smallest absolute Gasteiger partial charge is 0.229 e. The maximum atomic E-state index is 12.5. The minimum absolute atomic E-state index is 0.0861. The molecule has 0 radical (unpaired) electrons. The van der Waals surface area contributed by atoms with Crippen LogP contribution >= 0.6 is 31.9 Å². The number of rotatable bonds is 7. The summed E-state index contributed by atoms with van der Waals surface area (Å²) < 4.78 is 11.1. The Kier molecular flexibility index (Phi) is 6.56. The number of hydrogen-bond acceptors (Lipinski definition) is 4. The summed E-state index contributed by atoms with van der Waals surface area (Å²) in [6.45, 7) is 6.55. The Morgan fingerprint density at radius 3 is 2.61 bits per heavy atom. The largest absolute Gasteiger partial charge is 0.471 e. The second-order valence-electron chi connectivity index (χ2n) is 6.55. The highest BCUT2D eigenvalue weighted by atomic mass is 79.9. The van der Waals surface area contributed by atoms with Crippen LogP contribution in [0.4, 0.5) is 5.69 Å². The molecular weight excluding hydrogens is 490 g/mol. The molecule has 9 heteroatoms. The first kappa shape index (κ1) is 20.6. The van der Waals surface area contributed by atoms with Crippen LogP contribution in [0.2, 0.25) is 0 Å². The number of nitrogens with one attached hydrogen (secondary N) is 1. The summed E-state index contributed by atoms with van der Waals surface area (Å²) in [5.41, 5.74) is 2.55. The molecule has 0 saturated heterocycles. The Morgan fingerprint density at radius 1 is 1.25 bits per heavy atom. The molecule has 0 spiro atoms. The van der Waals surface area contributed by atoms with E-state index in [4.69, 9.17) is 4.74 Å². The highest BCUT2D eigenvalue weighted by Gasteiger charge is 2.18. The molecule has 1 atom stereocenters. The lowest BCUT2D eigenvalue weighted by molar-refractivity contribution is -0.119. The SMILES string of the molecule is Cc1nn(CC(C)C(=O)Nc2cnn(COc3ccc(Br)cc3)c2)c(C)c1Br. The van der Waals surface area contributed by atoms with Gasteiger partial charge in [0.15, 0.2) is 6.73 Å². The third kappa shape index (κ3) is 5.02. The lowest BCUT2D eigenvalue weighted by Crippen LogP contribution is -2.25. The predicted octanol–water partition coefficient (Wildman–Crippen LogP) is 4.53. The summed E-state index contributed by atoms with van der Waals surface area (Å²) in [5.74, 6) is 0.415. The first-order valence-electron chi connectivity index (χ1n) is 8.74. The number of carbonyl (C=O) groups is 1. The Morgan fingerprint density at radius 2 is 1.96 bits per heavy atom. The van der Waals surface area contributed by atoms with E-state index in [1.54, 1.807) is 17.1 Å². The molecule has 3 rings (SSSR count). The second kappa shape index (κ2) is 8.91. The molecule has 0 aliphatic rings. The highest BCUT2D eigenvalue weighted by Crippen LogP contribution is 2.21. The van der Waals surface area contributed by atoms with E-state index in [0.717, 1.165) is 26.1 Å². The zero-order valence-corrected chi connectivity index (χ0v) is 19.0. The van der Waals surface area contributed by atoms with Crippen molar-refractivity contribution in [2.45, 2.75) is 34.0 Å². The van der Waals surface area contributed by atoms with Crippen molar-refractivity contribution in [3.8, 4) is 5.75 Å². The molecule has 2 heterocycles. The van der Waals surface area contributed by atoms with E-state index >= 15 is 0 Å². The molecule has 2 aromatic heterocycles. The van der Waals surface area contributed by atoms with E-state index in [0.29, 0.717) is 12.2 Å². The van der Waals surface area contributed by atoms with Crippen molar-refractivity contribution in [2.24, 2.45) is 5.92 Å². The predicted molar refractivity (Wildman–Crippen MR) is 114 cm³/mol. The van der Waals surface area contributed by atoms with Gasteiger partial charge in [-0.05, 0) is 54.0 Å². The van der Waals surface area contributed by atoms with Crippen LogP contribution < -0.4 is 10.1 Å².